The Hall–Kier alpha value is -7.67. The predicted molar refractivity (Wildman–Crippen MR) is 266 cm³/mol. The van der Waals surface area contributed by atoms with Crippen molar-refractivity contribution in [2.24, 2.45) is 10.7 Å². The lowest BCUT2D eigenvalue weighted by atomic mass is 10.0. The lowest BCUT2D eigenvalue weighted by Crippen LogP contribution is -2.57. The third-order valence-electron chi connectivity index (χ3n) is 10.1. The Bertz CT molecular complexity index is 2370. The Labute approximate surface area is 418 Å². The molecule has 71 heavy (non-hydrogen) atoms. The summed E-state index contributed by atoms with van der Waals surface area (Å²) in [6.45, 7) is 5.13. The van der Waals surface area contributed by atoms with E-state index in [4.69, 9.17) is 36.3 Å². The maximum atomic E-state index is 14.1. The number of aliphatic imine (C=N–C) groups is 1. The molecule has 20 heteroatoms. The lowest BCUT2D eigenvalue weighted by Gasteiger charge is -2.26. The summed E-state index contributed by atoms with van der Waals surface area (Å²) in [6.07, 6.45) is -1.59. The summed E-state index contributed by atoms with van der Waals surface area (Å²) in [7, 11) is 0. The van der Waals surface area contributed by atoms with E-state index >= 15 is 0 Å². The fourth-order valence-electron chi connectivity index (χ4n) is 6.58. The van der Waals surface area contributed by atoms with Crippen LogP contribution < -0.4 is 37.6 Å². The first-order chi connectivity index (χ1) is 34.0. The highest BCUT2D eigenvalue weighted by Gasteiger charge is 2.30. The Morgan fingerprint density at radius 3 is 1.72 bits per heavy atom. The largest absolute Gasteiger partial charge is 0.445 e. The van der Waals surface area contributed by atoms with Gasteiger partial charge >= 0.3 is 24.4 Å². The van der Waals surface area contributed by atoms with Crippen LogP contribution in [0.5, 0.6) is 0 Å². The molecule has 0 aliphatic rings. The molecule has 0 saturated heterocycles. The molecule has 0 fully saturated rings. The number of hydrogen-bond donors (Lipinski definition) is 7. The molecule has 0 unspecified atom stereocenters. The Morgan fingerprint density at radius 2 is 1.10 bits per heavy atom. The second-order valence-corrected chi connectivity index (χ2v) is 17.5. The number of nitrogens with two attached hydrogens (primary N) is 1. The second-order valence-electron chi connectivity index (χ2n) is 17.1. The number of alkyl carbamates (subject to hydrolysis) is 3. The number of benzene rings is 4. The highest BCUT2D eigenvalue weighted by molar-refractivity contribution is 6.31. The highest BCUT2D eigenvalue weighted by Crippen LogP contribution is 2.16. The molecule has 380 valence electrons. The van der Waals surface area contributed by atoms with Crippen LogP contribution in [0.15, 0.2) is 120 Å². The first-order valence-electron chi connectivity index (χ1n) is 23.1. The van der Waals surface area contributed by atoms with Gasteiger partial charge in [0.1, 0.15) is 43.5 Å². The highest BCUT2D eigenvalue weighted by atomic mass is 35.5. The number of halogens is 1. The van der Waals surface area contributed by atoms with Gasteiger partial charge < -0.3 is 51.3 Å². The molecule has 4 rings (SSSR count). The summed E-state index contributed by atoms with van der Waals surface area (Å²) >= 11 is 6.12. The van der Waals surface area contributed by atoms with Crippen LogP contribution in [0.3, 0.4) is 0 Å². The molecular formula is C51H63ClN8O11. The predicted octanol–water partition coefficient (Wildman–Crippen LogP) is 6.71. The number of nitrogens with one attached hydrogen (secondary N) is 6. The van der Waals surface area contributed by atoms with Crippen molar-refractivity contribution in [2.75, 3.05) is 13.1 Å². The van der Waals surface area contributed by atoms with Gasteiger partial charge in [0.2, 0.25) is 23.7 Å². The zero-order valence-electron chi connectivity index (χ0n) is 40.1. The van der Waals surface area contributed by atoms with Crippen LogP contribution >= 0.6 is 11.6 Å². The summed E-state index contributed by atoms with van der Waals surface area (Å²) in [4.78, 5) is 95.5. The summed E-state index contributed by atoms with van der Waals surface area (Å²) < 4.78 is 21.3. The van der Waals surface area contributed by atoms with Crippen molar-refractivity contribution >= 4 is 59.7 Å². The van der Waals surface area contributed by atoms with Crippen LogP contribution in [0, 0.1) is 0 Å². The number of guanidine groups is 1. The molecule has 3 atom stereocenters. The number of unbranched alkanes of at least 4 members (excludes halogenated alkanes) is 2. The smallest absolute Gasteiger partial charge is 0.437 e. The number of amides is 7. The molecule has 0 bridgehead atoms. The molecule has 0 heterocycles. The van der Waals surface area contributed by atoms with Crippen LogP contribution in [-0.4, -0.2) is 84.9 Å². The number of rotatable bonds is 24. The fourth-order valence-corrected chi connectivity index (χ4v) is 6.77. The topological polar surface area (TPSA) is 267 Å². The minimum atomic E-state index is -1.27. The van der Waals surface area contributed by atoms with Crippen LogP contribution in [-0.2, 0) is 59.6 Å². The van der Waals surface area contributed by atoms with Gasteiger partial charge in [-0.1, -0.05) is 134 Å². The molecule has 0 spiro atoms. The number of ether oxygens (including phenoxy) is 4. The maximum Gasteiger partial charge on any atom is 0.437 e. The number of carbonyl (C=O) groups excluding carboxylic acids is 7. The van der Waals surface area contributed by atoms with E-state index in [1.54, 1.807) is 124 Å². The van der Waals surface area contributed by atoms with Crippen LogP contribution in [0.4, 0.5) is 19.2 Å². The van der Waals surface area contributed by atoms with Gasteiger partial charge in [-0.25, -0.2) is 19.2 Å². The first-order valence-corrected chi connectivity index (χ1v) is 23.5. The van der Waals surface area contributed by atoms with E-state index in [0.717, 1.165) is 5.56 Å². The third-order valence-corrected chi connectivity index (χ3v) is 10.5. The van der Waals surface area contributed by atoms with Crippen LogP contribution in [0.25, 0.3) is 0 Å². The summed E-state index contributed by atoms with van der Waals surface area (Å²) in [5.74, 6) is -2.53. The minimum absolute atomic E-state index is 0.00148. The average Bonchev–Trinajstić information content (AvgIpc) is 3.34. The normalized spacial score (nSPS) is 12.4. The first kappa shape index (κ1) is 55.9. The van der Waals surface area contributed by atoms with E-state index in [1.165, 1.54) is 0 Å². The van der Waals surface area contributed by atoms with Crippen molar-refractivity contribution in [3.8, 4) is 0 Å². The van der Waals surface area contributed by atoms with Gasteiger partial charge in [0, 0.05) is 30.1 Å². The fraction of sp³-hybridized carbons (Fsp3) is 0.373. The van der Waals surface area contributed by atoms with E-state index in [9.17, 15) is 33.6 Å². The SMILES string of the molecule is CC(C)(C)OC(=O)N[C@H](CCCN/C(=N\C(=O)OCc1ccccc1)NC(=O)OCc1ccccc1)C(=O)N[C@@H](Cc1ccccc1)C(=O)N[C@@H](CCCCCNC(=O)OCc1ccccc1Cl)C(N)=O. The molecular weight excluding hydrogens is 936 g/mol. The van der Waals surface area contributed by atoms with E-state index in [1.807, 2.05) is 12.1 Å². The van der Waals surface area contributed by atoms with Crippen LogP contribution in [0.2, 0.25) is 5.02 Å². The van der Waals surface area contributed by atoms with Gasteiger partial charge in [0.15, 0.2) is 0 Å². The second kappa shape index (κ2) is 30.0. The van der Waals surface area contributed by atoms with Crippen molar-refractivity contribution in [1.82, 2.24) is 31.9 Å². The van der Waals surface area contributed by atoms with E-state index in [0.29, 0.717) is 47.5 Å². The molecule has 19 nitrogen and oxygen atoms in total. The number of hydrogen-bond acceptors (Lipinski definition) is 11. The maximum absolute atomic E-state index is 14.1. The Kier molecular flexibility index (Phi) is 23.7. The lowest BCUT2D eigenvalue weighted by molar-refractivity contribution is -0.132. The molecule has 0 aliphatic carbocycles. The van der Waals surface area contributed by atoms with Gasteiger partial charge in [-0.3, -0.25) is 19.7 Å². The van der Waals surface area contributed by atoms with Crippen LogP contribution in [0.1, 0.15) is 81.5 Å². The van der Waals surface area contributed by atoms with E-state index in [-0.39, 0.29) is 58.0 Å². The average molecular weight is 1000 g/mol. The van der Waals surface area contributed by atoms with Crippen molar-refractivity contribution in [3.63, 3.8) is 0 Å². The summed E-state index contributed by atoms with van der Waals surface area (Å²) in [5, 5.41) is 16.4. The molecule has 4 aromatic rings. The Morgan fingerprint density at radius 1 is 0.563 bits per heavy atom. The Balaban J connectivity index is 1.39. The number of nitrogens with zero attached hydrogens (tertiary/aromatic N) is 1. The molecule has 0 radical (unpaired) electrons. The molecule has 7 amide bonds. The van der Waals surface area contributed by atoms with Gasteiger partial charge in [0.25, 0.3) is 0 Å². The van der Waals surface area contributed by atoms with Gasteiger partial charge in [-0.05, 0) is 69.2 Å². The molecule has 0 saturated carbocycles. The number of primary amides is 1. The van der Waals surface area contributed by atoms with Gasteiger partial charge in [-0.2, -0.15) is 0 Å². The van der Waals surface area contributed by atoms with Gasteiger partial charge in [0.05, 0.1) is 0 Å². The van der Waals surface area contributed by atoms with Crippen molar-refractivity contribution < 1.29 is 52.5 Å². The molecule has 0 aliphatic heterocycles. The third kappa shape index (κ3) is 23.0. The molecule has 8 N–H and O–H groups in total. The quantitative estimate of drug-likeness (QED) is 0.0167. The molecule has 0 aromatic heterocycles. The van der Waals surface area contributed by atoms with Gasteiger partial charge in [-0.15, -0.1) is 4.99 Å². The standard InChI is InChI=1S/C51H63ClN8O11/c1-51(2,3)71-50(67)58-41(28-18-30-54-46(59-48(65)68-32-36-21-10-5-11-22-36)60-49(66)69-33-37-23-12-6-13-24-37)44(62)57-42(31-35-19-8-4-9-20-35)45(63)56-40(43(53)61)27-14-7-17-29-55-47(64)70-34-38-25-15-16-26-39(38)52/h4-6,8-13,15-16,19-26,40-42H,7,14,17-18,27-34H2,1-3H3,(H2,53,61)(H,55,64)(H,56,63)(H,57,62)(H,58,67)(H2,54,59,60,65,66)/t40-,41+,42-/m0/s1. The van der Waals surface area contributed by atoms with E-state index in [2.05, 4.69) is 36.9 Å². The summed E-state index contributed by atoms with van der Waals surface area (Å²) in [6, 6.07) is 30.1. The zero-order valence-corrected chi connectivity index (χ0v) is 40.8. The minimum Gasteiger partial charge on any atom is -0.445 e. The number of carbonyl (C=O) groups is 7. The molecule has 4 aromatic carbocycles. The zero-order chi connectivity index (χ0) is 51.4. The van der Waals surface area contributed by atoms with Crippen molar-refractivity contribution in [3.05, 3.63) is 143 Å². The van der Waals surface area contributed by atoms with E-state index < -0.39 is 65.8 Å². The van der Waals surface area contributed by atoms with Crippen molar-refractivity contribution in [2.45, 2.75) is 109 Å². The summed E-state index contributed by atoms with van der Waals surface area (Å²) in [5.41, 5.74) is 7.60. The monoisotopic (exact) mass is 998 g/mol. The van der Waals surface area contributed by atoms with Crippen molar-refractivity contribution in [1.29, 1.82) is 0 Å².